The monoisotopic (exact) mass is 306 g/mol. The lowest BCUT2D eigenvalue weighted by molar-refractivity contribution is 0.0697. The van der Waals surface area contributed by atoms with E-state index in [2.05, 4.69) is 10.0 Å². The normalized spacial score (nSPS) is 11.1. The van der Waals surface area contributed by atoms with E-state index in [1.165, 1.54) is 25.2 Å². The number of carboxylic acids is 1. The summed E-state index contributed by atoms with van der Waals surface area (Å²) in [7, 11) is -2.24. The van der Waals surface area contributed by atoms with Gasteiger partial charge in [-0.3, -0.25) is 0 Å². The first-order valence-electron chi connectivity index (χ1n) is 6.07. The largest absolute Gasteiger partial charge is 0.478 e. The van der Waals surface area contributed by atoms with E-state index in [4.69, 9.17) is 5.11 Å². The quantitative estimate of drug-likeness (QED) is 0.785. The predicted molar refractivity (Wildman–Crippen MR) is 79.4 cm³/mol. The van der Waals surface area contributed by atoms with Crippen LogP contribution >= 0.6 is 0 Å². The lowest BCUT2D eigenvalue weighted by Gasteiger charge is -2.12. The number of carboxylic acid groups (broad SMARTS) is 1. The third kappa shape index (κ3) is 3.39. The average molecular weight is 306 g/mol. The molecule has 0 spiro atoms. The number of aromatic carboxylic acids is 1. The summed E-state index contributed by atoms with van der Waals surface area (Å²) in [6, 6.07) is 12.5. The van der Waals surface area contributed by atoms with Gasteiger partial charge in [-0.2, -0.15) is 0 Å². The van der Waals surface area contributed by atoms with Crippen molar-refractivity contribution in [2.24, 2.45) is 0 Å². The molecule has 0 fully saturated rings. The molecule has 0 bridgehead atoms. The van der Waals surface area contributed by atoms with Crippen molar-refractivity contribution < 1.29 is 18.3 Å². The molecule has 0 heterocycles. The van der Waals surface area contributed by atoms with Crippen molar-refractivity contribution >= 4 is 27.4 Å². The fourth-order valence-electron chi connectivity index (χ4n) is 1.77. The summed E-state index contributed by atoms with van der Waals surface area (Å²) in [6.45, 7) is 0. The van der Waals surface area contributed by atoms with Crippen LogP contribution in [0.1, 0.15) is 10.4 Å². The lowest BCUT2D eigenvalue weighted by Crippen LogP contribution is -2.19. The summed E-state index contributed by atoms with van der Waals surface area (Å²) in [6.07, 6.45) is 0. The zero-order valence-electron chi connectivity index (χ0n) is 11.2. The molecular formula is C14H14N2O4S. The van der Waals surface area contributed by atoms with Gasteiger partial charge in [-0.25, -0.2) is 17.9 Å². The molecule has 0 amide bonds. The van der Waals surface area contributed by atoms with E-state index < -0.39 is 16.0 Å². The first-order chi connectivity index (χ1) is 9.94. The van der Waals surface area contributed by atoms with Crippen LogP contribution in [0.15, 0.2) is 53.4 Å². The number of nitrogens with one attached hydrogen (secondary N) is 2. The first-order valence-corrected chi connectivity index (χ1v) is 7.55. The molecule has 0 aromatic heterocycles. The van der Waals surface area contributed by atoms with Crippen LogP contribution in [0.4, 0.5) is 11.4 Å². The van der Waals surface area contributed by atoms with Gasteiger partial charge in [-0.1, -0.05) is 12.1 Å². The maximum Gasteiger partial charge on any atom is 0.335 e. The van der Waals surface area contributed by atoms with Gasteiger partial charge in [-0.15, -0.1) is 0 Å². The Hall–Kier alpha value is -2.38. The zero-order chi connectivity index (χ0) is 15.5. The number of rotatable bonds is 5. The maximum atomic E-state index is 11.9. The SMILES string of the molecule is CNS(=O)(=O)c1ccccc1Nc1ccc(C(=O)O)cc1. The van der Waals surface area contributed by atoms with Gasteiger partial charge in [0.2, 0.25) is 10.0 Å². The van der Waals surface area contributed by atoms with Gasteiger partial charge in [0, 0.05) is 5.69 Å². The van der Waals surface area contributed by atoms with Gasteiger partial charge in [0.15, 0.2) is 0 Å². The Labute approximate surface area is 122 Å². The average Bonchev–Trinajstić information content (AvgIpc) is 2.48. The fourth-order valence-corrected chi connectivity index (χ4v) is 2.65. The Morgan fingerprint density at radius 1 is 1.05 bits per heavy atom. The van der Waals surface area contributed by atoms with E-state index in [0.717, 1.165) is 0 Å². The molecule has 6 nitrogen and oxygen atoms in total. The molecule has 0 aliphatic heterocycles. The Morgan fingerprint density at radius 3 is 2.24 bits per heavy atom. The lowest BCUT2D eigenvalue weighted by atomic mass is 10.2. The summed E-state index contributed by atoms with van der Waals surface area (Å²) in [5.41, 5.74) is 1.17. The molecule has 2 aromatic carbocycles. The van der Waals surface area contributed by atoms with Crippen LogP contribution in [-0.2, 0) is 10.0 Å². The van der Waals surface area contributed by atoms with E-state index in [1.807, 2.05) is 0 Å². The Kier molecular flexibility index (Phi) is 4.25. The Balaban J connectivity index is 2.34. The molecule has 0 saturated carbocycles. The number of benzene rings is 2. The first kappa shape index (κ1) is 15.0. The van der Waals surface area contributed by atoms with Crippen molar-refractivity contribution in [1.29, 1.82) is 0 Å². The van der Waals surface area contributed by atoms with Crippen molar-refractivity contribution in [3.63, 3.8) is 0 Å². The van der Waals surface area contributed by atoms with Crippen molar-refractivity contribution in [2.45, 2.75) is 4.90 Å². The highest BCUT2D eigenvalue weighted by atomic mass is 32.2. The van der Waals surface area contributed by atoms with Crippen LogP contribution < -0.4 is 10.0 Å². The van der Waals surface area contributed by atoms with Gasteiger partial charge in [0.1, 0.15) is 4.90 Å². The van der Waals surface area contributed by atoms with Gasteiger partial charge in [-0.05, 0) is 43.4 Å². The molecule has 21 heavy (non-hydrogen) atoms. The number of sulfonamides is 1. The molecule has 0 aliphatic rings. The Bertz CT molecular complexity index is 755. The molecule has 2 rings (SSSR count). The number of carbonyl (C=O) groups is 1. The Morgan fingerprint density at radius 2 is 1.67 bits per heavy atom. The maximum absolute atomic E-state index is 11.9. The fraction of sp³-hybridized carbons (Fsp3) is 0.0714. The second kappa shape index (κ2) is 5.94. The van der Waals surface area contributed by atoms with Crippen molar-refractivity contribution in [1.82, 2.24) is 4.72 Å². The molecule has 0 radical (unpaired) electrons. The number of hydrogen-bond donors (Lipinski definition) is 3. The molecular weight excluding hydrogens is 292 g/mol. The minimum atomic E-state index is -3.58. The third-order valence-corrected chi connectivity index (χ3v) is 4.33. The van der Waals surface area contributed by atoms with E-state index in [-0.39, 0.29) is 10.5 Å². The van der Waals surface area contributed by atoms with E-state index in [0.29, 0.717) is 11.4 Å². The van der Waals surface area contributed by atoms with Crippen LogP contribution in [0.25, 0.3) is 0 Å². The van der Waals surface area contributed by atoms with Gasteiger partial charge in [0.25, 0.3) is 0 Å². The molecule has 0 atom stereocenters. The van der Waals surface area contributed by atoms with E-state index in [1.54, 1.807) is 30.3 Å². The van der Waals surface area contributed by atoms with Crippen molar-refractivity contribution in [3.05, 3.63) is 54.1 Å². The van der Waals surface area contributed by atoms with Gasteiger partial charge >= 0.3 is 5.97 Å². The molecule has 3 N–H and O–H groups in total. The predicted octanol–water partition coefficient (Wildman–Crippen LogP) is 2.04. The molecule has 0 unspecified atom stereocenters. The third-order valence-electron chi connectivity index (χ3n) is 2.86. The van der Waals surface area contributed by atoms with E-state index >= 15 is 0 Å². The number of anilines is 2. The smallest absolute Gasteiger partial charge is 0.335 e. The molecule has 0 saturated heterocycles. The highest BCUT2D eigenvalue weighted by Gasteiger charge is 2.16. The zero-order valence-corrected chi connectivity index (χ0v) is 12.0. The topological polar surface area (TPSA) is 95.5 Å². The van der Waals surface area contributed by atoms with Gasteiger partial charge in [0.05, 0.1) is 11.3 Å². The minimum absolute atomic E-state index is 0.120. The minimum Gasteiger partial charge on any atom is -0.478 e. The summed E-state index contributed by atoms with van der Waals surface area (Å²) in [4.78, 5) is 10.9. The summed E-state index contributed by atoms with van der Waals surface area (Å²) in [5.74, 6) is -1.01. The van der Waals surface area contributed by atoms with Crippen LogP contribution in [0, 0.1) is 0 Å². The second-order valence-electron chi connectivity index (χ2n) is 4.21. The molecule has 0 aliphatic carbocycles. The highest BCUT2D eigenvalue weighted by molar-refractivity contribution is 7.89. The number of hydrogen-bond acceptors (Lipinski definition) is 4. The van der Waals surface area contributed by atoms with Crippen LogP contribution in [0.3, 0.4) is 0 Å². The van der Waals surface area contributed by atoms with Crippen LogP contribution in [0.2, 0.25) is 0 Å². The highest BCUT2D eigenvalue weighted by Crippen LogP contribution is 2.24. The van der Waals surface area contributed by atoms with Crippen molar-refractivity contribution in [3.8, 4) is 0 Å². The standard InChI is InChI=1S/C14H14N2O4S/c1-15-21(19,20)13-5-3-2-4-12(13)16-11-8-6-10(7-9-11)14(17)18/h2-9,15-16H,1H3,(H,17,18). The van der Waals surface area contributed by atoms with Gasteiger partial charge < -0.3 is 10.4 Å². The second-order valence-corrected chi connectivity index (χ2v) is 6.07. The molecule has 7 heteroatoms. The summed E-state index contributed by atoms with van der Waals surface area (Å²) >= 11 is 0. The summed E-state index contributed by atoms with van der Waals surface area (Å²) < 4.78 is 26.1. The number of para-hydroxylation sites is 1. The van der Waals surface area contributed by atoms with E-state index in [9.17, 15) is 13.2 Å². The summed E-state index contributed by atoms with van der Waals surface area (Å²) in [5, 5.41) is 11.8. The van der Waals surface area contributed by atoms with Crippen LogP contribution in [0.5, 0.6) is 0 Å². The molecule has 2 aromatic rings. The van der Waals surface area contributed by atoms with Crippen molar-refractivity contribution in [2.75, 3.05) is 12.4 Å². The molecule has 110 valence electrons. The van der Waals surface area contributed by atoms with Crippen LogP contribution in [-0.4, -0.2) is 26.5 Å².